The van der Waals surface area contributed by atoms with Crippen molar-refractivity contribution in [2.24, 2.45) is 0 Å². The van der Waals surface area contributed by atoms with E-state index in [0.29, 0.717) is 10.5 Å². The van der Waals surface area contributed by atoms with Crippen molar-refractivity contribution in [3.05, 3.63) is 33.9 Å². The highest BCUT2D eigenvalue weighted by atomic mass is 32.3. The average molecular weight is 244 g/mol. The summed E-state index contributed by atoms with van der Waals surface area (Å²) in [7, 11) is 1.38. The van der Waals surface area contributed by atoms with Gasteiger partial charge in [-0.3, -0.25) is 14.4 Å². The molecular formula is C10H16N2O3S. The van der Waals surface area contributed by atoms with Crippen LogP contribution in [0.5, 0.6) is 0 Å². The average Bonchev–Trinajstić information content (AvgIpc) is 2.17. The van der Waals surface area contributed by atoms with E-state index in [-0.39, 0.29) is 5.69 Å². The van der Waals surface area contributed by atoms with Gasteiger partial charge in [-0.25, -0.2) is 0 Å². The number of hydrogen-bond acceptors (Lipinski definition) is 4. The molecule has 0 amide bonds. The fraction of sp³-hybridized carbons (Fsp3) is 0.400. The van der Waals surface area contributed by atoms with Gasteiger partial charge in [-0.1, -0.05) is 16.6 Å². The first-order chi connectivity index (χ1) is 7.26. The fourth-order valence-electron chi connectivity index (χ4n) is 1.24. The van der Waals surface area contributed by atoms with Crippen molar-refractivity contribution >= 4 is 16.2 Å². The predicted molar refractivity (Wildman–Crippen MR) is 65.9 cm³/mol. The zero-order valence-corrected chi connectivity index (χ0v) is 10.6. The quantitative estimate of drug-likeness (QED) is 0.655. The van der Waals surface area contributed by atoms with Crippen molar-refractivity contribution in [2.45, 2.75) is 11.8 Å². The third-order valence-electron chi connectivity index (χ3n) is 2.53. The Balaban J connectivity index is 3.28. The molecule has 1 N–H and O–H groups in total. The lowest BCUT2D eigenvalue weighted by molar-refractivity contribution is -0.385. The topological polar surface area (TPSA) is 66.6 Å². The number of nitro benzene ring substituents is 1. The van der Waals surface area contributed by atoms with Crippen LogP contribution in [0.25, 0.3) is 0 Å². The zero-order valence-electron chi connectivity index (χ0n) is 9.80. The highest BCUT2D eigenvalue weighted by molar-refractivity contribution is 8.26. The van der Waals surface area contributed by atoms with E-state index >= 15 is 0 Å². The number of aryl methyl sites for hydroxylation is 1. The normalized spacial score (nSPS) is 16.9. The van der Waals surface area contributed by atoms with Gasteiger partial charge in [0.05, 0.1) is 4.92 Å². The first-order valence-electron chi connectivity index (χ1n) is 4.70. The molecule has 0 aliphatic rings. The van der Waals surface area contributed by atoms with Crippen LogP contribution in [0, 0.1) is 17.0 Å². The predicted octanol–water partition coefficient (Wildman–Crippen LogP) is 2.65. The lowest BCUT2D eigenvalue weighted by Crippen LogP contribution is -2.18. The van der Waals surface area contributed by atoms with Crippen molar-refractivity contribution in [2.75, 3.05) is 20.4 Å². The maximum absolute atomic E-state index is 10.8. The molecule has 0 aromatic heterocycles. The molecule has 0 spiro atoms. The highest BCUT2D eigenvalue weighted by Crippen LogP contribution is 2.50. The summed E-state index contributed by atoms with van der Waals surface area (Å²) >= 11 is 0. The summed E-state index contributed by atoms with van der Waals surface area (Å²) in [6.45, 7) is 1.68. The summed E-state index contributed by atoms with van der Waals surface area (Å²) in [6.07, 6.45) is 1.68. The van der Waals surface area contributed by atoms with Crippen molar-refractivity contribution in [1.29, 1.82) is 0 Å². The molecule has 0 radical (unpaired) electrons. The third kappa shape index (κ3) is 2.34. The van der Waals surface area contributed by atoms with Crippen LogP contribution in [0.1, 0.15) is 5.56 Å². The molecule has 0 saturated heterocycles. The van der Waals surface area contributed by atoms with Crippen LogP contribution in [-0.4, -0.2) is 34.1 Å². The Bertz CT molecular complexity index is 419. The Morgan fingerprint density at radius 3 is 2.44 bits per heavy atom. The lowest BCUT2D eigenvalue weighted by atomic mass is 10.2. The molecule has 90 valence electrons. The van der Waals surface area contributed by atoms with Crippen molar-refractivity contribution in [3.63, 3.8) is 0 Å². The molecule has 1 unspecified atom stereocenters. The summed E-state index contributed by atoms with van der Waals surface area (Å²) in [4.78, 5) is 11.0. The summed E-state index contributed by atoms with van der Waals surface area (Å²) in [6, 6.07) is 4.85. The van der Waals surface area contributed by atoms with E-state index in [2.05, 4.69) is 0 Å². The Kier molecular flexibility index (Phi) is 3.57. The minimum absolute atomic E-state index is 0.0483. The molecule has 1 atom stereocenters. The molecule has 0 heterocycles. The van der Waals surface area contributed by atoms with Crippen LogP contribution in [0.15, 0.2) is 23.1 Å². The molecule has 6 heteroatoms. The summed E-state index contributed by atoms with van der Waals surface area (Å²) < 4.78 is 11.9. The monoisotopic (exact) mass is 244 g/mol. The molecule has 1 rings (SSSR count). The van der Waals surface area contributed by atoms with Gasteiger partial charge >= 0.3 is 0 Å². The molecular weight excluding hydrogens is 228 g/mol. The largest absolute Gasteiger partial charge is 0.334 e. The van der Waals surface area contributed by atoms with Crippen LogP contribution >= 0.6 is 10.5 Å². The second-order valence-corrected chi connectivity index (χ2v) is 6.72. The van der Waals surface area contributed by atoms with E-state index in [1.165, 1.54) is 6.07 Å². The summed E-state index contributed by atoms with van der Waals surface area (Å²) in [5.41, 5.74) is 0.648. The Morgan fingerprint density at radius 1 is 1.44 bits per heavy atom. The zero-order chi connectivity index (χ0) is 12.5. The number of rotatable bonds is 3. The smallest absolute Gasteiger partial charge is 0.273 e. The summed E-state index contributed by atoms with van der Waals surface area (Å²) in [5, 5.41) is 10.8. The van der Waals surface area contributed by atoms with Gasteiger partial charge in [0.2, 0.25) is 0 Å². The molecule has 1 aromatic carbocycles. The first-order valence-corrected chi connectivity index (χ1v) is 6.65. The summed E-state index contributed by atoms with van der Waals surface area (Å²) in [5.74, 6) is 0. The van der Waals surface area contributed by atoms with Crippen molar-refractivity contribution in [1.82, 2.24) is 4.31 Å². The van der Waals surface area contributed by atoms with E-state index in [1.54, 1.807) is 43.7 Å². The van der Waals surface area contributed by atoms with E-state index < -0.39 is 15.4 Å². The fourth-order valence-corrected chi connectivity index (χ4v) is 2.32. The molecule has 0 aliphatic carbocycles. The van der Waals surface area contributed by atoms with Gasteiger partial charge in [-0.2, -0.15) is 0 Å². The Morgan fingerprint density at radius 2 is 2.00 bits per heavy atom. The maximum Gasteiger partial charge on any atom is 0.273 e. The first kappa shape index (κ1) is 13.0. The van der Waals surface area contributed by atoms with E-state index in [9.17, 15) is 14.7 Å². The number of nitrogens with zero attached hydrogens (tertiary/aromatic N) is 2. The van der Waals surface area contributed by atoms with Crippen LogP contribution in [-0.2, 0) is 0 Å². The van der Waals surface area contributed by atoms with Gasteiger partial charge in [0.1, 0.15) is 0 Å². The second-order valence-electron chi connectivity index (χ2n) is 3.85. The second kappa shape index (κ2) is 4.40. The standard InChI is InChI=1S/C10H16N2O3S/c1-8-5-6-9(7-10(8)12(13)14)16(4,15)11(2)3/h5-7,15H,1-4H3. The number of nitro groups is 1. The molecule has 1 aromatic rings. The maximum atomic E-state index is 10.8. The Hall–Kier alpha value is -1.11. The van der Waals surface area contributed by atoms with Crippen molar-refractivity contribution in [3.8, 4) is 0 Å². The van der Waals surface area contributed by atoms with Gasteiger partial charge < -0.3 is 4.55 Å². The van der Waals surface area contributed by atoms with E-state index in [0.717, 1.165) is 0 Å². The van der Waals surface area contributed by atoms with Gasteiger partial charge in [-0.05, 0) is 27.1 Å². The van der Waals surface area contributed by atoms with Gasteiger partial charge in [0.15, 0.2) is 0 Å². The molecule has 0 fully saturated rings. The minimum Gasteiger partial charge on any atom is -0.334 e. The minimum atomic E-state index is -2.12. The lowest BCUT2D eigenvalue weighted by Gasteiger charge is -2.36. The van der Waals surface area contributed by atoms with Crippen molar-refractivity contribution < 1.29 is 9.48 Å². The van der Waals surface area contributed by atoms with Gasteiger partial charge in [0.25, 0.3) is 5.69 Å². The molecule has 0 bridgehead atoms. The molecule has 0 aliphatic heterocycles. The van der Waals surface area contributed by atoms with E-state index in [1.807, 2.05) is 0 Å². The molecule has 0 saturated carbocycles. The number of hydrogen-bond donors (Lipinski definition) is 1. The van der Waals surface area contributed by atoms with Crippen LogP contribution in [0.2, 0.25) is 0 Å². The molecule has 5 nitrogen and oxygen atoms in total. The van der Waals surface area contributed by atoms with Crippen LogP contribution in [0.4, 0.5) is 5.69 Å². The Labute approximate surface area is 96.5 Å². The molecule has 16 heavy (non-hydrogen) atoms. The van der Waals surface area contributed by atoms with Crippen LogP contribution in [0.3, 0.4) is 0 Å². The third-order valence-corrected chi connectivity index (χ3v) is 5.10. The van der Waals surface area contributed by atoms with Gasteiger partial charge in [-0.15, -0.1) is 0 Å². The van der Waals surface area contributed by atoms with Gasteiger partial charge in [0, 0.05) is 22.8 Å². The highest BCUT2D eigenvalue weighted by Gasteiger charge is 2.23. The SMILES string of the molecule is Cc1ccc(S(C)(O)N(C)C)cc1[N+](=O)[O-]. The van der Waals surface area contributed by atoms with E-state index in [4.69, 9.17) is 0 Å². The number of benzene rings is 1. The van der Waals surface area contributed by atoms with Crippen LogP contribution < -0.4 is 0 Å².